The quantitative estimate of drug-likeness (QED) is 0.854. The molecule has 2 fully saturated rings. The number of piperazine rings is 1. The molecule has 1 saturated carbocycles. The normalized spacial score (nSPS) is 21.1. The zero-order valence-corrected chi connectivity index (χ0v) is 13.3. The zero-order valence-electron chi connectivity index (χ0n) is 13.3. The Morgan fingerprint density at radius 2 is 1.86 bits per heavy atom. The maximum Gasteiger partial charge on any atom is 0.255 e. The maximum absolute atomic E-state index is 12.6. The van der Waals surface area contributed by atoms with Gasteiger partial charge in [0.1, 0.15) is 0 Å². The smallest absolute Gasteiger partial charge is 0.255 e. The molecule has 4 heteroatoms. The fourth-order valence-electron chi connectivity index (χ4n) is 3.70. The minimum Gasteiger partial charge on any atom is -0.354 e. The van der Waals surface area contributed by atoms with Crippen LogP contribution in [0.5, 0.6) is 0 Å². The van der Waals surface area contributed by atoms with Crippen molar-refractivity contribution in [3.05, 3.63) is 23.5 Å². The Labute approximate surface area is 127 Å². The molecule has 0 radical (unpaired) electrons. The van der Waals surface area contributed by atoms with E-state index in [9.17, 15) is 4.79 Å². The minimum atomic E-state index is 0.202. The fraction of sp³-hybridized carbons (Fsp3) is 0.706. The molecule has 0 aromatic carbocycles. The fourth-order valence-corrected chi connectivity index (χ4v) is 3.70. The zero-order chi connectivity index (χ0) is 14.8. The topological polar surface area (TPSA) is 28.5 Å². The molecule has 4 nitrogen and oxygen atoms in total. The van der Waals surface area contributed by atoms with Crippen LogP contribution in [0.3, 0.4) is 0 Å². The first-order chi connectivity index (χ1) is 10.1. The van der Waals surface area contributed by atoms with Gasteiger partial charge in [-0.2, -0.15) is 0 Å². The summed E-state index contributed by atoms with van der Waals surface area (Å²) >= 11 is 0. The molecule has 2 aliphatic rings. The summed E-state index contributed by atoms with van der Waals surface area (Å²) in [6, 6.07) is 1.95. The predicted molar refractivity (Wildman–Crippen MR) is 84.5 cm³/mol. The molecule has 1 aliphatic heterocycles. The third kappa shape index (κ3) is 3.15. The molecule has 0 bridgehead atoms. The summed E-state index contributed by atoms with van der Waals surface area (Å²) in [7, 11) is 1.99. The van der Waals surface area contributed by atoms with Gasteiger partial charge in [-0.15, -0.1) is 0 Å². The lowest BCUT2D eigenvalue weighted by molar-refractivity contribution is 0.0617. The van der Waals surface area contributed by atoms with Crippen LogP contribution in [-0.2, 0) is 7.05 Å². The molecule has 0 atom stereocenters. The predicted octanol–water partition coefficient (Wildman–Crippen LogP) is 2.28. The highest BCUT2D eigenvalue weighted by molar-refractivity contribution is 5.95. The molecule has 1 amide bonds. The number of aryl methyl sites for hydroxylation is 1. The van der Waals surface area contributed by atoms with Crippen molar-refractivity contribution in [3.63, 3.8) is 0 Å². The van der Waals surface area contributed by atoms with E-state index in [4.69, 9.17) is 0 Å². The van der Waals surface area contributed by atoms with Crippen molar-refractivity contribution in [3.8, 4) is 0 Å². The number of hydrogen-bond donors (Lipinski definition) is 0. The molecule has 1 aromatic heterocycles. The number of amides is 1. The molecule has 21 heavy (non-hydrogen) atoms. The van der Waals surface area contributed by atoms with E-state index in [0.717, 1.165) is 43.4 Å². The van der Waals surface area contributed by atoms with E-state index in [-0.39, 0.29) is 5.91 Å². The van der Waals surface area contributed by atoms with E-state index < -0.39 is 0 Å². The Kier molecular flexibility index (Phi) is 4.34. The molecule has 1 aromatic rings. The average Bonchev–Trinajstić information content (AvgIpc) is 3.11. The van der Waals surface area contributed by atoms with Crippen molar-refractivity contribution in [1.29, 1.82) is 0 Å². The average molecular weight is 289 g/mol. The molecule has 1 saturated heterocycles. The number of carbonyl (C=O) groups excluding carboxylic acids is 1. The Balaban J connectivity index is 1.53. The molecular weight excluding hydrogens is 262 g/mol. The monoisotopic (exact) mass is 289 g/mol. The van der Waals surface area contributed by atoms with Crippen LogP contribution >= 0.6 is 0 Å². The molecule has 3 rings (SSSR count). The molecule has 116 valence electrons. The highest BCUT2D eigenvalue weighted by Crippen LogP contribution is 2.26. The molecule has 0 unspecified atom stereocenters. The van der Waals surface area contributed by atoms with Crippen LogP contribution in [0.25, 0.3) is 0 Å². The summed E-state index contributed by atoms with van der Waals surface area (Å²) in [6.07, 6.45) is 7.61. The van der Waals surface area contributed by atoms with Crippen LogP contribution in [-0.4, -0.2) is 53.0 Å². The van der Waals surface area contributed by atoms with Gasteiger partial charge in [0.05, 0.1) is 5.56 Å². The second-order valence-corrected chi connectivity index (χ2v) is 6.67. The van der Waals surface area contributed by atoms with E-state index in [1.807, 2.05) is 35.7 Å². The van der Waals surface area contributed by atoms with Crippen molar-refractivity contribution < 1.29 is 4.79 Å². The Morgan fingerprint density at radius 1 is 1.19 bits per heavy atom. The summed E-state index contributed by atoms with van der Waals surface area (Å²) in [4.78, 5) is 17.2. The van der Waals surface area contributed by atoms with Crippen LogP contribution in [0.4, 0.5) is 0 Å². The highest BCUT2D eigenvalue weighted by Gasteiger charge is 2.26. The Hall–Kier alpha value is -1.29. The first-order valence-electron chi connectivity index (χ1n) is 8.28. The van der Waals surface area contributed by atoms with Crippen LogP contribution in [0.1, 0.15) is 41.7 Å². The van der Waals surface area contributed by atoms with E-state index in [1.165, 1.54) is 32.2 Å². The molecule has 0 spiro atoms. The van der Waals surface area contributed by atoms with Gasteiger partial charge in [-0.3, -0.25) is 9.69 Å². The maximum atomic E-state index is 12.6. The van der Waals surface area contributed by atoms with E-state index in [0.29, 0.717) is 0 Å². The third-order valence-electron chi connectivity index (χ3n) is 5.26. The molecule has 2 heterocycles. The number of hydrogen-bond acceptors (Lipinski definition) is 2. The van der Waals surface area contributed by atoms with Crippen LogP contribution in [0, 0.1) is 12.8 Å². The van der Waals surface area contributed by atoms with Gasteiger partial charge in [-0.25, -0.2) is 0 Å². The van der Waals surface area contributed by atoms with E-state index >= 15 is 0 Å². The van der Waals surface area contributed by atoms with E-state index in [1.54, 1.807) is 0 Å². The first kappa shape index (κ1) is 14.6. The summed E-state index contributed by atoms with van der Waals surface area (Å²) < 4.78 is 2.02. The van der Waals surface area contributed by atoms with Gasteiger partial charge in [0, 0.05) is 51.7 Å². The van der Waals surface area contributed by atoms with Gasteiger partial charge in [-0.1, -0.05) is 12.8 Å². The van der Waals surface area contributed by atoms with Gasteiger partial charge in [0.15, 0.2) is 0 Å². The van der Waals surface area contributed by atoms with Gasteiger partial charge in [0.25, 0.3) is 5.91 Å². The SMILES string of the molecule is Cc1c(C(=O)N2CCN(CC3CCCC3)CC2)ccn1C. The number of aromatic nitrogens is 1. The molecule has 0 N–H and O–H groups in total. The van der Waals surface area contributed by atoms with Crippen molar-refractivity contribution in [2.75, 3.05) is 32.7 Å². The van der Waals surface area contributed by atoms with Crippen LogP contribution in [0.2, 0.25) is 0 Å². The summed E-state index contributed by atoms with van der Waals surface area (Å²) in [5.74, 6) is 1.11. The Morgan fingerprint density at radius 3 is 2.43 bits per heavy atom. The lowest BCUT2D eigenvalue weighted by Gasteiger charge is -2.36. The first-order valence-corrected chi connectivity index (χ1v) is 8.28. The lowest BCUT2D eigenvalue weighted by atomic mass is 10.1. The standard InChI is InChI=1S/C17H27N3O/c1-14-16(7-8-18(14)2)17(21)20-11-9-19(10-12-20)13-15-5-3-4-6-15/h7-8,15H,3-6,9-13H2,1-2H3. The van der Waals surface area contributed by atoms with Gasteiger partial charge < -0.3 is 9.47 Å². The number of rotatable bonds is 3. The van der Waals surface area contributed by atoms with Gasteiger partial charge in [0.2, 0.25) is 0 Å². The van der Waals surface area contributed by atoms with Crippen molar-refractivity contribution >= 4 is 5.91 Å². The highest BCUT2D eigenvalue weighted by atomic mass is 16.2. The van der Waals surface area contributed by atoms with Crippen LogP contribution < -0.4 is 0 Å². The number of nitrogens with zero attached hydrogens (tertiary/aromatic N) is 3. The number of carbonyl (C=O) groups is 1. The summed E-state index contributed by atoms with van der Waals surface area (Å²) in [6.45, 7) is 7.08. The minimum absolute atomic E-state index is 0.202. The lowest BCUT2D eigenvalue weighted by Crippen LogP contribution is -2.49. The van der Waals surface area contributed by atoms with E-state index in [2.05, 4.69) is 4.90 Å². The van der Waals surface area contributed by atoms with Crippen molar-refractivity contribution in [2.24, 2.45) is 13.0 Å². The second kappa shape index (κ2) is 6.22. The van der Waals surface area contributed by atoms with Crippen molar-refractivity contribution in [1.82, 2.24) is 14.4 Å². The molecule has 1 aliphatic carbocycles. The van der Waals surface area contributed by atoms with Gasteiger partial charge >= 0.3 is 0 Å². The van der Waals surface area contributed by atoms with Gasteiger partial charge in [-0.05, 0) is 31.7 Å². The van der Waals surface area contributed by atoms with Crippen LogP contribution in [0.15, 0.2) is 12.3 Å². The summed E-state index contributed by atoms with van der Waals surface area (Å²) in [5, 5.41) is 0. The van der Waals surface area contributed by atoms with Crippen molar-refractivity contribution in [2.45, 2.75) is 32.6 Å². The summed E-state index contributed by atoms with van der Waals surface area (Å²) in [5.41, 5.74) is 1.93. The third-order valence-corrected chi connectivity index (χ3v) is 5.26. The Bertz CT molecular complexity index is 494. The second-order valence-electron chi connectivity index (χ2n) is 6.67. The largest absolute Gasteiger partial charge is 0.354 e. The molecular formula is C17H27N3O.